The van der Waals surface area contributed by atoms with Gasteiger partial charge in [0.05, 0.1) is 18.1 Å². The molecule has 7 nitrogen and oxygen atoms in total. The van der Waals surface area contributed by atoms with E-state index in [4.69, 9.17) is 18.4 Å². The molecule has 0 aliphatic heterocycles. The third-order valence-corrected chi connectivity index (χ3v) is 5.64. The van der Waals surface area contributed by atoms with Gasteiger partial charge in [0, 0.05) is 0 Å². The Morgan fingerprint density at radius 2 is 1.47 bits per heavy atom. The van der Waals surface area contributed by atoms with E-state index in [0.29, 0.717) is 5.75 Å². The number of carbonyl (C=O) groups excluding carboxylic acids is 1. The number of ether oxygens (including phenoxy) is 3. The Kier molecular flexibility index (Phi) is 8.38. The van der Waals surface area contributed by atoms with E-state index in [0.717, 1.165) is 11.1 Å². The van der Waals surface area contributed by atoms with Crippen molar-refractivity contribution in [2.75, 3.05) is 13.2 Å². The Hall–Kier alpha value is -3.20. The second-order valence-electron chi connectivity index (χ2n) is 6.96. The Balaban J connectivity index is 1.61. The van der Waals surface area contributed by atoms with E-state index in [1.807, 2.05) is 37.3 Å². The summed E-state index contributed by atoms with van der Waals surface area (Å²) in [5, 5.41) is 0. The number of para-hydroxylation sites is 1. The van der Waals surface area contributed by atoms with Gasteiger partial charge >= 0.3 is 6.16 Å². The molecule has 0 radical (unpaired) electrons. The van der Waals surface area contributed by atoms with Crippen LogP contribution in [-0.4, -0.2) is 33.9 Å². The Bertz CT molecular complexity index is 1080. The first-order chi connectivity index (χ1) is 15.4. The van der Waals surface area contributed by atoms with Gasteiger partial charge in [-0.1, -0.05) is 66.2 Å². The number of hydrogen-bond donors (Lipinski definition) is 0. The largest absolute Gasteiger partial charge is 0.514 e. The van der Waals surface area contributed by atoms with Crippen LogP contribution >= 0.6 is 0 Å². The smallest absolute Gasteiger partial charge is 0.426 e. The van der Waals surface area contributed by atoms with Gasteiger partial charge in [0.2, 0.25) is 0 Å². The summed E-state index contributed by atoms with van der Waals surface area (Å²) in [5.41, 5.74) is 1.84. The first kappa shape index (κ1) is 23.5. The van der Waals surface area contributed by atoms with Gasteiger partial charge in [-0.25, -0.2) is 4.79 Å². The Morgan fingerprint density at radius 3 is 2.12 bits per heavy atom. The van der Waals surface area contributed by atoms with E-state index in [1.54, 1.807) is 42.5 Å². The fourth-order valence-electron chi connectivity index (χ4n) is 2.68. The SMILES string of the molecule is Cc1ccc(S(=O)(=O)OC[C@H](COCc2ccccc2)OC(=O)Oc2ccccc2)cc1. The summed E-state index contributed by atoms with van der Waals surface area (Å²) in [6.07, 6.45) is -1.99. The van der Waals surface area contributed by atoms with Gasteiger partial charge in [-0.3, -0.25) is 4.18 Å². The van der Waals surface area contributed by atoms with E-state index < -0.39 is 29.0 Å². The Morgan fingerprint density at radius 1 is 0.844 bits per heavy atom. The minimum Gasteiger partial charge on any atom is -0.426 e. The summed E-state index contributed by atoms with van der Waals surface area (Å²) in [6.45, 7) is 1.61. The van der Waals surface area contributed by atoms with Crippen LogP contribution in [0.3, 0.4) is 0 Å². The molecule has 32 heavy (non-hydrogen) atoms. The second-order valence-corrected chi connectivity index (χ2v) is 8.57. The van der Waals surface area contributed by atoms with Crippen LogP contribution in [0, 0.1) is 6.92 Å². The minimum absolute atomic E-state index is 0.0129. The van der Waals surface area contributed by atoms with Crippen LogP contribution in [0.25, 0.3) is 0 Å². The van der Waals surface area contributed by atoms with Gasteiger partial charge in [-0.05, 0) is 36.8 Å². The van der Waals surface area contributed by atoms with Crippen molar-refractivity contribution in [2.24, 2.45) is 0 Å². The van der Waals surface area contributed by atoms with Crippen LogP contribution in [0.15, 0.2) is 89.8 Å². The van der Waals surface area contributed by atoms with Crippen LogP contribution in [-0.2, 0) is 30.4 Å². The van der Waals surface area contributed by atoms with Crippen molar-refractivity contribution in [3.05, 3.63) is 96.1 Å². The highest BCUT2D eigenvalue weighted by molar-refractivity contribution is 7.86. The highest BCUT2D eigenvalue weighted by atomic mass is 32.2. The van der Waals surface area contributed by atoms with E-state index in [9.17, 15) is 13.2 Å². The summed E-state index contributed by atoms with van der Waals surface area (Å²) in [4.78, 5) is 12.2. The maximum Gasteiger partial charge on any atom is 0.514 e. The first-order valence-corrected chi connectivity index (χ1v) is 11.3. The number of rotatable bonds is 10. The molecule has 0 fully saturated rings. The highest BCUT2D eigenvalue weighted by Gasteiger charge is 2.22. The molecule has 168 valence electrons. The van der Waals surface area contributed by atoms with Crippen molar-refractivity contribution < 1.29 is 31.6 Å². The lowest BCUT2D eigenvalue weighted by Crippen LogP contribution is -2.31. The molecule has 0 aromatic heterocycles. The first-order valence-electron chi connectivity index (χ1n) is 9.94. The average Bonchev–Trinajstić information content (AvgIpc) is 2.79. The molecule has 0 bridgehead atoms. The van der Waals surface area contributed by atoms with E-state index >= 15 is 0 Å². The van der Waals surface area contributed by atoms with Crippen LogP contribution in [0.2, 0.25) is 0 Å². The van der Waals surface area contributed by atoms with Gasteiger partial charge in [-0.2, -0.15) is 8.42 Å². The summed E-state index contributed by atoms with van der Waals surface area (Å²) < 4.78 is 46.1. The molecular formula is C24H24O7S. The molecule has 3 aromatic rings. The molecular weight excluding hydrogens is 432 g/mol. The molecule has 3 rings (SSSR count). The van der Waals surface area contributed by atoms with Gasteiger partial charge in [0.15, 0.2) is 6.10 Å². The fraction of sp³-hybridized carbons (Fsp3) is 0.208. The summed E-state index contributed by atoms with van der Waals surface area (Å²) in [5.74, 6) is 0.301. The molecule has 0 amide bonds. The predicted molar refractivity (Wildman–Crippen MR) is 118 cm³/mol. The van der Waals surface area contributed by atoms with Gasteiger partial charge in [-0.15, -0.1) is 0 Å². The van der Waals surface area contributed by atoms with Crippen molar-refractivity contribution in [2.45, 2.75) is 24.5 Å². The van der Waals surface area contributed by atoms with Crippen molar-refractivity contribution in [3.8, 4) is 5.75 Å². The zero-order chi connectivity index (χ0) is 22.8. The predicted octanol–water partition coefficient (Wildman–Crippen LogP) is 4.50. The molecule has 0 aliphatic carbocycles. The van der Waals surface area contributed by atoms with Gasteiger partial charge in [0.1, 0.15) is 12.4 Å². The monoisotopic (exact) mass is 456 g/mol. The average molecular weight is 457 g/mol. The molecule has 0 heterocycles. The lowest BCUT2D eigenvalue weighted by Gasteiger charge is -2.18. The second kappa shape index (κ2) is 11.4. The highest BCUT2D eigenvalue weighted by Crippen LogP contribution is 2.15. The molecule has 0 saturated carbocycles. The minimum atomic E-state index is -4.03. The molecule has 0 aliphatic rings. The molecule has 0 spiro atoms. The zero-order valence-electron chi connectivity index (χ0n) is 17.5. The van der Waals surface area contributed by atoms with E-state index in [1.165, 1.54) is 12.1 Å². The number of aryl methyl sites for hydroxylation is 1. The van der Waals surface area contributed by atoms with Crippen molar-refractivity contribution in [1.82, 2.24) is 0 Å². The summed E-state index contributed by atoms with van der Waals surface area (Å²) in [6, 6.07) is 24.1. The molecule has 8 heteroatoms. The lowest BCUT2D eigenvalue weighted by molar-refractivity contribution is -0.0206. The topological polar surface area (TPSA) is 88.1 Å². The van der Waals surface area contributed by atoms with Crippen LogP contribution in [0.4, 0.5) is 4.79 Å². The molecule has 0 unspecified atom stereocenters. The van der Waals surface area contributed by atoms with E-state index in [-0.39, 0.29) is 18.1 Å². The van der Waals surface area contributed by atoms with Crippen LogP contribution < -0.4 is 4.74 Å². The fourth-order valence-corrected chi connectivity index (χ4v) is 3.62. The third kappa shape index (κ3) is 7.49. The summed E-state index contributed by atoms with van der Waals surface area (Å²) >= 11 is 0. The zero-order valence-corrected chi connectivity index (χ0v) is 18.4. The normalized spacial score (nSPS) is 12.2. The lowest BCUT2D eigenvalue weighted by atomic mass is 10.2. The number of benzene rings is 3. The quantitative estimate of drug-likeness (QED) is 0.252. The van der Waals surface area contributed by atoms with Crippen LogP contribution in [0.5, 0.6) is 5.75 Å². The van der Waals surface area contributed by atoms with E-state index in [2.05, 4.69) is 0 Å². The maximum atomic E-state index is 12.5. The molecule has 1 atom stereocenters. The van der Waals surface area contributed by atoms with Crippen molar-refractivity contribution >= 4 is 16.3 Å². The van der Waals surface area contributed by atoms with Gasteiger partial charge in [0.25, 0.3) is 10.1 Å². The number of hydrogen-bond acceptors (Lipinski definition) is 7. The Labute approximate surface area is 187 Å². The number of carbonyl (C=O) groups is 1. The molecule has 0 saturated heterocycles. The summed E-state index contributed by atoms with van der Waals surface area (Å²) in [7, 11) is -4.03. The van der Waals surface area contributed by atoms with Crippen LogP contribution in [0.1, 0.15) is 11.1 Å². The molecule has 3 aromatic carbocycles. The van der Waals surface area contributed by atoms with Crippen molar-refractivity contribution in [3.63, 3.8) is 0 Å². The maximum absolute atomic E-state index is 12.5. The third-order valence-electron chi connectivity index (χ3n) is 4.34. The van der Waals surface area contributed by atoms with Crippen molar-refractivity contribution in [1.29, 1.82) is 0 Å². The van der Waals surface area contributed by atoms with Gasteiger partial charge < -0.3 is 14.2 Å². The molecule has 0 N–H and O–H groups in total. The standard InChI is InChI=1S/C24H24O7S/c1-19-12-14-23(15-13-19)32(26,27)29-18-22(17-28-16-20-8-4-2-5-9-20)31-24(25)30-21-10-6-3-7-11-21/h2-15,22H,16-18H2,1H3/t22-/m0/s1.